The summed E-state index contributed by atoms with van der Waals surface area (Å²) in [6, 6.07) is 10.5. The molecule has 18 heavy (non-hydrogen) atoms. The zero-order chi connectivity index (χ0) is 12.7. The van der Waals surface area contributed by atoms with Crippen LogP contribution in [-0.2, 0) is 7.05 Å². The molecular formula is C15H16N3+. The molecule has 3 heteroatoms. The van der Waals surface area contributed by atoms with Crippen LogP contribution in [0, 0.1) is 13.8 Å². The van der Waals surface area contributed by atoms with Crippen LogP contribution in [0.4, 0.5) is 0 Å². The average molecular weight is 238 g/mol. The van der Waals surface area contributed by atoms with Gasteiger partial charge in [0.2, 0.25) is 6.20 Å². The maximum absolute atomic E-state index is 4.41. The highest BCUT2D eigenvalue weighted by Crippen LogP contribution is 2.19. The lowest BCUT2D eigenvalue weighted by Crippen LogP contribution is -2.37. The molecule has 0 spiro atoms. The molecule has 0 bridgehead atoms. The van der Waals surface area contributed by atoms with Crippen molar-refractivity contribution in [1.29, 1.82) is 0 Å². The second-order valence-corrected chi connectivity index (χ2v) is 4.69. The molecule has 3 rings (SSSR count). The molecule has 2 aromatic heterocycles. The highest BCUT2D eigenvalue weighted by Gasteiger charge is 2.15. The number of aromatic nitrogens is 3. The lowest BCUT2D eigenvalue weighted by Gasteiger charge is -2.06. The lowest BCUT2D eigenvalue weighted by atomic mass is 10.2. The molecule has 0 saturated heterocycles. The maximum atomic E-state index is 4.41. The third-order valence-corrected chi connectivity index (χ3v) is 3.25. The van der Waals surface area contributed by atoms with Crippen LogP contribution in [0.5, 0.6) is 0 Å². The fourth-order valence-electron chi connectivity index (χ4n) is 2.43. The SMILES string of the molecule is Cc1cc(C)c(-n2c3ccccc3c[n+]2C)cn1. The molecular weight excluding hydrogens is 222 g/mol. The largest absolute Gasteiger partial charge is 0.259 e. The second kappa shape index (κ2) is 3.95. The zero-order valence-electron chi connectivity index (χ0n) is 10.9. The molecule has 0 aliphatic rings. The number of fused-ring (bicyclic) bond motifs is 1. The van der Waals surface area contributed by atoms with E-state index in [0.717, 1.165) is 11.4 Å². The molecule has 0 aliphatic heterocycles. The smallest absolute Gasteiger partial charge is 0.203 e. The first-order chi connectivity index (χ1) is 8.66. The summed E-state index contributed by atoms with van der Waals surface area (Å²) in [6.45, 7) is 4.14. The van der Waals surface area contributed by atoms with Crippen molar-refractivity contribution < 1.29 is 4.68 Å². The Hall–Kier alpha value is -2.16. The summed E-state index contributed by atoms with van der Waals surface area (Å²) in [5, 5.41) is 1.24. The van der Waals surface area contributed by atoms with Gasteiger partial charge in [-0.3, -0.25) is 4.98 Å². The van der Waals surface area contributed by atoms with Gasteiger partial charge in [0.1, 0.15) is 11.2 Å². The summed E-state index contributed by atoms with van der Waals surface area (Å²) < 4.78 is 4.29. The predicted octanol–water partition coefficient (Wildman–Crippen LogP) is 2.47. The summed E-state index contributed by atoms with van der Waals surface area (Å²) in [5.41, 5.74) is 4.62. The standard InChI is InChI=1S/C15H16N3/c1-11-8-12(2)16-9-15(11)18-14-7-5-4-6-13(14)10-17(18)3/h4-10H,1-3H3/q+1. The first kappa shape index (κ1) is 11.0. The number of pyridine rings is 1. The fourth-order valence-corrected chi connectivity index (χ4v) is 2.43. The van der Waals surface area contributed by atoms with Crippen LogP contribution in [0.2, 0.25) is 0 Å². The second-order valence-electron chi connectivity index (χ2n) is 4.69. The lowest BCUT2D eigenvalue weighted by molar-refractivity contribution is -0.741. The fraction of sp³-hybridized carbons (Fsp3) is 0.200. The van der Waals surface area contributed by atoms with Crippen molar-refractivity contribution in [3.8, 4) is 5.69 Å². The Morgan fingerprint density at radius 2 is 1.94 bits per heavy atom. The third kappa shape index (κ3) is 1.59. The van der Waals surface area contributed by atoms with Gasteiger partial charge in [0.15, 0.2) is 7.05 Å². The Kier molecular flexibility index (Phi) is 2.40. The Morgan fingerprint density at radius 3 is 2.72 bits per heavy atom. The molecule has 3 nitrogen and oxygen atoms in total. The van der Waals surface area contributed by atoms with Crippen LogP contribution in [0.3, 0.4) is 0 Å². The van der Waals surface area contributed by atoms with E-state index in [9.17, 15) is 0 Å². The Labute approximate surface area is 106 Å². The van der Waals surface area contributed by atoms with E-state index in [1.807, 2.05) is 13.1 Å². The molecule has 1 aromatic carbocycles. The van der Waals surface area contributed by atoms with E-state index in [4.69, 9.17) is 0 Å². The topological polar surface area (TPSA) is 21.7 Å². The van der Waals surface area contributed by atoms with Crippen LogP contribution >= 0.6 is 0 Å². The van der Waals surface area contributed by atoms with Crippen molar-refractivity contribution in [2.24, 2.45) is 7.05 Å². The molecule has 0 unspecified atom stereocenters. The van der Waals surface area contributed by atoms with Crippen LogP contribution in [0.25, 0.3) is 16.6 Å². The molecule has 0 atom stereocenters. The van der Waals surface area contributed by atoms with Crippen LogP contribution < -0.4 is 4.68 Å². The minimum atomic E-state index is 1.05. The quantitative estimate of drug-likeness (QED) is 0.597. The minimum Gasteiger partial charge on any atom is -0.259 e. The normalized spacial score (nSPS) is 11.1. The van der Waals surface area contributed by atoms with Gasteiger partial charge in [0.25, 0.3) is 0 Å². The highest BCUT2D eigenvalue weighted by molar-refractivity contribution is 5.79. The summed E-state index contributed by atoms with van der Waals surface area (Å²) in [4.78, 5) is 4.41. The summed E-state index contributed by atoms with van der Waals surface area (Å²) in [7, 11) is 2.05. The number of nitrogens with zero attached hydrogens (tertiary/aromatic N) is 3. The average Bonchev–Trinajstić information content (AvgIpc) is 2.66. The number of para-hydroxylation sites is 1. The van der Waals surface area contributed by atoms with E-state index in [1.54, 1.807) is 0 Å². The number of benzene rings is 1. The molecule has 2 heterocycles. The maximum Gasteiger partial charge on any atom is 0.203 e. The van der Waals surface area contributed by atoms with Crippen molar-refractivity contribution in [3.05, 3.63) is 54.0 Å². The number of rotatable bonds is 1. The summed E-state index contributed by atoms with van der Waals surface area (Å²) in [5.74, 6) is 0. The number of aryl methyl sites for hydroxylation is 3. The summed E-state index contributed by atoms with van der Waals surface area (Å²) >= 11 is 0. The van der Waals surface area contributed by atoms with Gasteiger partial charge in [0, 0.05) is 5.69 Å². The zero-order valence-corrected chi connectivity index (χ0v) is 10.9. The molecule has 0 amide bonds. The van der Waals surface area contributed by atoms with Gasteiger partial charge < -0.3 is 0 Å². The van der Waals surface area contributed by atoms with Gasteiger partial charge in [-0.25, -0.2) is 0 Å². The first-order valence-electron chi connectivity index (χ1n) is 6.07. The molecule has 0 fully saturated rings. The van der Waals surface area contributed by atoms with Gasteiger partial charge in [-0.15, -0.1) is 9.36 Å². The van der Waals surface area contributed by atoms with E-state index in [-0.39, 0.29) is 0 Å². The van der Waals surface area contributed by atoms with E-state index in [1.165, 1.54) is 16.5 Å². The molecule has 0 aliphatic carbocycles. The van der Waals surface area contributed by atoms with Gasteiger partial charge in [0.05, 0.1) is 11.6 Å². The Bertz CT molecular complexity index is 726. The van der Waals surface area contributed by atoms with Crippen molar-refractivity contribution in [1.82, 2.24) is 9.67 Å². The van der Waals surface area contributed by atoms with Crippen molar-refractivity contribution in [2.45, 2.75) is 13.8 Å². The third-order valence-electron chi connectivity index (χ3n) is 3.25. The van der Waals surface area contributed by atoms with Gasteiger partial charge >= 0.3 is 0 Å². The van der Waals surface area contributed by atoms with Crippen molar-refractivity contribution in [2.75, 3.05) is 0 Å². The van der Waals surface area contributed by atoms with Gasteiger partial charge in [-0.05, 0) is 37.6 Å². The highest BCUT2D eigenvalue weighted by atomic mass is 15.4. The molecule has 3 aromatic rings. The predicted molar refractivity (Wildman–Crippen MR) is 71.7 cm³/mol. The van der Waals surface area contributed by atoms with Crippen molar-refractivity contribution in [3.63, 3.8) is 0 Å². The monoisotopic (exact) mass is 238 g/mol. The van der Waals surface area contributed by atoms with Crippen LogP contribution in [-0.4, -0.2) is 9.67 Å². The summed E-state index contributed by atoms with van der Waals surface area (Å²) in [6.07, 6.45) is 4.08. The van der Waals surface area contributed by atoms with Gasteiger partial charge in [-0.2, -0.15) is 0 Å². The Balaban J connectivity index is 2.34. The molecule has 90 valence electrons. The Morgan fingerprint density at radius 1 is 1.17 bits per heavy atom. The number of hydrogen-bond donors (Lipinski definition) is 0. The molecule has 0 N–H and O–H groups in total. The molecule has 0 radical (unpaired) electrons. The van der Waals surface area contributed by atoms with Crippen molar-refractivity contribution >= 4 is 10.9 Å². The minimum absolute atomic E-state index is 1.05. The van der Waals surface area contributed by atoms with E-state index in [2.05, 4.69) is 64.8 Å². The van der Waals surface area contributed by atoms with E-state index < -0.39 is 0 Å². The molecule has 0 saturated carbocycles. The van der Waals surface area contributed by atoms with E-state index >= 15 is 0 Å². The van der Waals surface area contributed by atoms with Crippen LogP contribution in [0.15, 0.2) is 42.7 Å². The first-order valence-corrected chi connectivity index (χ1v) is 6.07. The number of hydrogen-bond acceptors (Lipinski definition) is 1. The van der Waals surface area contributed by atoms with E-state index in [0.29, 0.717) is 0 Å². The van der Waals surface area contributed by atoms with Gasteiger partial charge in [-0.1, -0.05) is 12.1 Å². The van der Waals surface area contributed by atoms with Crippen LogP contribution in [0.1, 0.15) is 11.3 Å².